The standard InChI is InChI=1S/3C5H8O2.Ti/c3*1-4(6)3-5(2)7;/h3*3,6H,1-2H3;/q;;;+3/p-3. The summed E-state index contributed by atoms with van der Waals surface area (Å²) in [5.41, 5.74) is 0. The van der Waals surface area contributed by atoms with Gasteiger partial charge in [-0.05, 0) is 39.0 Å². The Hall–Kier alpha value is -1.66. The molecule has 22 heavy (non-hydrogen) atoms. The molecule has 0 aromatic carbocycles. The van der Waals surface area contributed by atoms with E-state index < -0.39 is 0 Å². The van der Waals surface area contributed by atoms with E-state index in [4.69, 9.17) is 0 Å². The van der Waals surface area contributed by atoms with Crippen molar-refractivity contribution in [2.75, 3.05) is 0 Å². The summed E-state index contributed by atoms with van der Waals surface area (Å²) in [6.45, 7) is 8.09. The largest absolute Gasteiger partial charge is 3.00 e. The van der Waals surface area contributed by atoms with E-state index in [-0.39, 0.29) is 56.3 Å². The third-order valence-corrected chi connectivity index (χ3v) is 1.22. The molecule has 0 bridgehead atoms. The van der Waals surface area contributed by atoms with Crippen LogP contribution in [0.1, 0.15) is 41.5 Å². The maximum atomic E-state index is 9.98. The van der Waals surface area contributed by atoms with Gasteiger partial charge in [0.25, 0.3) is 0 Å². The number of rotatable bonds is 3. The zero-order valence-corrected chi connectivity index (χ0v) is 15.2. The van der Waals surface area contributed by atoms with Crippen molar-refractivity contribution in [1.29, 1.82) is 0 Å². The SMILES string of the molecule is CC(=O)C=C(C)[O-].CC(=O)C=C(C)[O-].CC(=O)C=C(C)[O-].[Ti+3]. The van der Waals surface area contributed by atoms with E-state index in [2.05, 4.69) is 0 Å². The van der Waals surface area contributed by atoms with Crippen molar-refractivity contribution >= 4 is 17.3 Å². The van der Waals surface area contributed by atoms with Gasteiger partial charge in [0, 0.05) is 0 Å². The Balaban J connectivity index is -0.000000108. The van der Waals surface area contributed by atoms with E-state index >= 15 is 0 Å². The summed E-state index contributed by atoms with van der Waals surface area (Å²) in [7, 11) is 0. The van der Waals surface area contributed by atoms with Crippen LogP contribution in [-0.2, 0) is 36.1 Å². The van der Waals surface area contributed by atoms with Crippen LogP contribution in [0.15, 0.2) is 35.5 Å². The van der Waals surface area contributed by atoms with Crippen LogP contribution in [0, 0.1) is 0 Å². The van der Waals surface area contributed by atoms with Crippen LogP contribution in [-0.4, -0.2) is 17.3 Å². The zero-order valence-electron chi connectivity index (χ0n) is 13.7. The summed E-state index contributed by atoms with van der Waals surface area (Å²) in [4.78, 5) is 29.9. The summed E-state index contributed by atoms with van der Waals surface area (Å²) < 4.78 is 0. The Labute approximate surface area is 146 Å². The molecule has 0 atom stereocenters. The van der Waals surface area contributed by atoms with Gasteiger partial charge >= 0.3 is 21.7 Å². The molecular weight excluding hydrogens is 324 g/mol. The minimum absolute atomic E-state index is 0. The number of hydrogen-bond acceptors (Lipinski definition) is 6. The Bertz CT molecular complexity index is 368. The first kappa shape index (κ1) is 28.5. The summed E-state index contributed by atoms with van der Waals surface area (Å²) in [6, 6.07) is 0. The molecule has 0 heterocycles. The van der Waals surface area contributed by atoms with Gasteiger partial charge in [0.1, 0.15) is 0 Å². The summed E-state index contributed by atoms with van der Waals surface area (Å²) in [5.74, 6) is -1.12. The molecule has 0 aromatic rings. The van der Waals surface area contributed by atoms with Gasteiger partial charge in [0.05, 0.1) is 0 Å². The average molecular weight is 345 g/mol. The van der Waals surface area contributed by atoms with Gasteiger partial charge < -0.3 is 15.3 Å². The second-order valence-electron chi connectivity index (χ2n) is 4.10. The average Bonchev–Trinajstić information content (AvgIpc) is 2.10. The topological polar surface area (TPSA) is 120 Å². The molecule has 0 unspecified atom stereocenters. The van der Waals surface area contributed by atoms with E-state index in [1.165, 1.54) is 41.5 Å². The first-order valence-electron chi connectivity index (χ1n) is 5.96. The number of allylic oxidation sites excluding steroid dienone is 6. The number of hydrogen-bond donors (Lipinski definition) is 0. The van der Waals surface area contributed by atoms with Gasteiger partial charge in [-0.1, -0.05) is 20.8 Å². The van der Waals surface area contributed by atoms with Crippen LogP contribution >= 0.6 is 0 Å². The fraction of sp³-hybridized carbons (Fsp3) is 0.400. The van der Waals surface area contributed by atoms with Crippen LogP contribution in [0.4, 0.5) is 0 Å². The van der Waals surface area contributed by atoms with E-state index in [0.29, 0.717) is 0 Å². The minimum Gasteiger partial charge on any atom is -0.876 e. The molecule has 0 aromatic heterocycles. The number of ketones is 3. The Morgan fingerprint density at radius 3 is 0.682 bits per heavy atom. The zero-order chi connectivity index (χ0) is 17.6. The fourth-order valence-electron chi connectivity index (χ4n) is 0.859. The predicted octanol–water partition coefficient (Wildman–Crippen LogP) is -0.484. The van der Waals surface area contributed by atoms with Crippen molar-refractivity contribution in [3.05, 3.63) is 35.5 Å². The van der Waals surface area contributed by atoms with Crippen LogP contribution in [0.2, 0.25) is 0 Å². The molecular formula is C15H21O6Ti. The Morgan fingerprint density at radius 2 is 0.682 bits per heavy atom. The monoisotopic (exact) mass is 345 g/mol. The number of carbonyl (C=O) groups is 3. The molecule has 0 aliphatic heterocycles. The van der Waals surface area contributed by atoms with E-state index in [9.17, 15) is 29.7 Å². The normalized spacial score (nSPS) is 10.9. The van der Waals surface area contributed by atoms with Crippen molar-refractivity contribution in [1.82, 2.24) is 0 Å². The molecule has 0 aliphatic carbocycles. The van der Waals surface area contributed by atoms with Gasteiger partial charge in [-0.25, -0.2) is 0 Å². The van der Waals surface area contributed by atoms with Gasteiger partial charge in [0.15, 0.2) is 17.3 Å². The smallest absolute Gasteiger partial charge is 0.876 e. The maximum Gasteiger partial charge on any atom is 3.00 e. The first-order chi connectivity index (χ1) is 9.38. The Morgan fingerprint density at radius 1 is 0.545 bits per heavy atom. The molecule has 0 spiro atoms. The van der Waals surface area contributed by atoms with E-state index in [0.717, 1.165) is 18.2 Å². The first-order valence-corrected chi connectivity index (χ1v) is 5.96. The van der Waals surface area contributed by atoms with Gasteiger partial charge in [-0.15, -0.1) is 17.3 Å². The molecule has 1 radical (unpaired) electrons. The molecule has 6 nitrogen and oxygen atoms in total. The van der Waals surface area contributed by atoms with Crippen LogP contribution in [0.25, 0.3) is 0 Å². The third-order valence-electron chi connectivity index (χ3n) is 1.22. The van der Waals surface area contributed by atoms with E-state index in [1.807, 2.05) is 0 Å². The molecule has 0 rings (SSSR count). The summed E-state index contributed by atoms with van der Waals surface area (Å²) in [5, 5.41) is 29.9. The predicted molar refractivity (Wildman–Crippen MR) is 73.3 cm³/mol. The summed E-state index contributed by atoms with van der Waals surface area (Å²) >= 11 is 0. The number of carbonyl (C=O) groups excluding carboxylic acids is 3. The van der Waals surface area contributed by atoms with Crippen molar-refractivity contribution in [2.45, 2.75) is 41.5 Å². The quantitative estimate of drug-likeness (QED) is 0.387. The minimum atomic E-state index is -0.187. The second kappa shape index (κ2) is 17.4. The van der Waals surface area contributed by atoms with Crippen molar-refractivity contribution in [3.8, 4) is 0 Å². The van der Waals surface area contributed by atoms with Crippen LogP contribution < -0.4 is 15.3 Å². The maximum absolute atomic E-state index is 9.98. The van der Waals surface area contributed by atoms with Crippen molar-refractivity contribution in [3.63, 3.8) is 0 Å². The molecule has 0 N–H and O–H groups in total. The van der Waals surface area contributed by atoms with Crippen molar-refractivity contribution in [2.24, 2.45) is 0 Å². The van der Waals surface area contributed by atoms with Crippen molar-refractivity contribution < 1.29 is 51.4 Å². The van der Waals surface area contributed by atoms with E-state index in [1.54, 1.807) is 0 Å². The molecule has 0 saturated heterocycles. The van der Waals surface area contributed by atoms with Crippen LogP contribution in [0.3, 0.4) is 0 Å². The van der Waals surface area contributed by atoms with Gasteiger partial charge in [-0.3, -0.25) is 14.4 Å². The summed E-state index contributed by atoms with van der Waals surface area (Å²) in [6.07, 6.45) is 3.17. The van der Waals surface area contributed by atoms with Gasteiger partial charge in [0.2, 0.25) is 0 Å². The Kier molecular flexibility index (Phi) is 22.5. The van der Waals surface area contributed by atoms with Crippen LogP contribution in [0.5, 0.6) is 0 Å². The van der Waals surface area contributed by atoms with Gasteiger partial charge in [-0.2, -0.15) is 0 Å². The second-order valence-corrected chi connectivity index (χ2v) is 4.10. The molecule has 0 saturated carbocycles. The molecule has 121 valence electrons. The molecule has 0 fully saturated rings. The molecule has 7 heteroatoms. The fourth-order valence-corrected chi connectivity index (χ4v) is 0.859. The molecule has 0 aliphatic rings. The molecule has 0 amide bonds. The third kappa shape index (κ3) is 51.6.